The van der Waals surface area contributed by atoms with Crippen LogP contribution in [0.1, 0.15) is 21.7 Å². The first-order chi connectivity index (χ1) is 11.6. The van der Waals surface area contributed by atoms with Gasteiger partial charge in [0.25, 0.3) is 5.91 Å². The number of carbonyl (C=O) groups is 1. The standard InChI is InChI=1S/C18H16ClN3O2/c1-12-16(17(22-24-12)14-3-2-9-20-11-14)18(23)21-10-8-13-4-6-15(19)7-5-13/h2-7,9,11H,8,10H2,1H3,(H,21,23). The van der Waals surface area contributed by atoms with Gasteiger partial charge in [0.05, 0.1) is 0 Å². The smallest absolute Gasteiger partial charge is 0.257 e. The van der Waals surface area contributed by atoms with E-state index in [-0.39, 0.29) is 5.91 Å². The molecule has 0 spiro atoms. The maximum Gasteiger partial charge on any atom is 0.257 e. The Hall–Kier alpha value is -2.66. The summed E-state index contributed by atoms with van der Waals surface area (Å²) in [5.41, 5.74) is 2.80. The number of benzene rings is 1. The quantitative estimate of drug-likeness (QED) is 0.768. The highest BCUT2D eigenvalue weighted by Gasteiger charge is 2.21. The van der Waals surface area contributed by atoms with Crippen molar-refractivity contribution in [1.29, 1.82) is 0 Å². The van der Waals surface area contributed by atoms with Crippen LogP contribution in [0.25, 0.3) is 11.3 Å². The van der Waals surface area contributed by atoms with Crippen LogP contribution in [0.15, 0.2) is 53.3 Å². The predicted molar refractivity (Wildman–Crippen MR) is 92.0 cm³/mol. The highest BCUT2D eigenvalue weighted by Crippen LogP contribution is 2.24. The number of rotatable bonds is 5. The van der Waals surface area contributed by atoms with Crippen molar-refractivity contribution in [3.05, 3.63) is 70.7 Å². The van der Waals surface area contributed by atoms with Crippen molar-refractivity contribution in [3.63, 3.8) is 0 Å². The minimum Gasteiger partial charge on any atom is -0.360 e. The van der Waals surface area contributed by atoms with Crippen LogP contribution in [0, 0.1) is 6.92 Å². The van der Waals surface area contributed by atoms with Gasteiger partial charge in [0.1, 0.15) is 17.0 Å². The first-order valence-corrected chi connectivity index (χ1v) is 7.92. The molecule has 0 unspecified atom stereocenters. The lowest BCUT2D eigenvalue weighted by atomic mass is 10.1. The van der Waals surface area contributed by atoms with Gasteiger partial charge in [-0.25, -0.2) is 0 Å². The van der Waals surface area contributed by atoms with Gasteiger partial charge >= 0.3 is 0 Å². The van der Waals surface area contributed by atoms with Crippen LogP contribution in [0.5, 0.6) is 0 Å². The third-order valence-electron chi connectivity index (χ3n) is 3.64. The van der Waals surface area contributed by atoms with Gasteiger partial charge in [0.2, 0.25) is 0 Å². The van der Waals surface area contributed by atoms with Gasteiger partial charge in [-0.2, -0.15) is 0 Å². The third-order valence-corrected chi connectivity index (χ3v) is 3.89. The lowest BCUT2D eigenvalue weighted by molar-refractivity contribution is 0.0953. The molecular formula is C18H16ClN3O2. The summed E-state index contributed by atoms with van der Waals surface area (Å²) in [5.74, 6) is 0.277. The molecule has 1 amide bonds. The van der Waals surface area contributed by atoms with Gasteiger partial charge in [0.15, 0.2) is 0 Å². The van der Waals surface area contributed by atoms with E-state index in [9.17, 15) is 4.79 Å². The predicted octanol–water partition coefficient (Wildman–Crippen LogP) is 3.67. The molecule has 5 nitrogen and oxygen atoms in total. The van der Waals surface area contributed by atoms with Crippen molar-refractivity contribution in [2.24, 2.45) is 0 Å². The number of aromatic nitrogens is 2. The van der Waals surface area contributed by atoms with E-state index in [0.717, 1.165) is 17.5 Å². The number of nitrogens with zero attached hydrogens (tertiary/aromatic N) is 2. The topological polar surface area (TPSA) is 68.0 Å². The number of amides is 1. The van der Waals surface area contributed by atoms with Crippen molar-refractivity contribution in [3.8, 4) is 11.3 Å². The largest absolute Gasteiger partial charge is 0.360 e. The molecule has 0 atom stereocenters. The van der Waals surface area contributed by atoms with Crippen LogP contribution in [0.2, 0.25) is 5.02 Å². The second-order valence-electron chi connectivity index (χ2n) is 5.34. The van der Waals surface area contributed by atoms with E-state index in [1.54, 1.807) is 25.4 Å². The molecule has 1 aromatic carbocycles. The molecule has 2 aromatic heterocycles. The van der Waals surface area contributed by atoms with Crippen LogP contribution in [0.4, 0.5) is 0 Å². The zero-order valence-electron chi connectivity index (χ0n) is 13.1. The summed E-state index contributed by atoms with van der Waals surface area (Å²) in [4.78, 5) is 16.6. The molecule has 0 aliphatic rings. The van der Waals surface area contributed by atoms with E-state index in [2.05, 4.69) is 15.5 Å². The number of carbonyl (C=O) groups excluding carboxylic acids is 1. The summed E-state index contributed by atoms with van der Waals surface area (Å²) >= 11 is 5.86. The molecule has 24 heavy (non-hydrogen) atoms. The first kappa shape index (κ1) is 16.2. The van der Waals surface area contributed by atoms with Crippen molar-refractivity contribution in [2.45, 2.75) is 13.3 Å². The Morgan fingerprint density at radius 3 is 2.75 bits per heavy atom. The van der Waals surface area contributed by atoms with E-state index in [1.807, 2.05) is 30.3 Å². The Labute approximate surface area is 144 Å². The van der Waals surface area contributed by atoms with Gasteiger partial charge in [-0.3, -0.25) is 9.78 Å². The number of pyridine rings is 1. The molecule has 0 bridgehead atoms. The number of aryl methyl sites for hydroxylation is 1. The maximum atomic E-state index is 12.5. The minimum atomic E-state index is -0.207. The van der Waals surface area contributed by atoms with Crippen molar-refractivity contribution < 1.29 is 9.32 Å². The molecule has 122 valence electrons. The fourth-order valence-corrected chi connectivity index (χ4v) is 2.53. The van der Waals surface area contributed by atoms with Gasteiger partial charge in [-0.05, 0) is 43.2 Å². The molecule has 0 aliphatic heterocycles. The second kappa shape index (κ2) is 7.27. The summed E-state index contributed by atoms with van der Waals surface area (Å²) in [7, 11) is 0. The van der Waals surface area contributed by atoms with Gasteiger partial charge < -0.3 is 9.84 Å². The van der Waals surface area contributed by atoms with E-state index in [1.165, 1.54) is 0 Å². The number of halogens is 1. The van der Waals surface area contributed by atoms with Crippen LogP contribution in [-0.2, 0) is 6.42 Å². The molecule has 0 radical (unpaired) electrons. The highest BCUT2D eigenvalue weighted by molar-refractivity contribution is 6.30. The number of nitrogens with one attached hydrogen (secondary N) is 1. The van der Waals surface area contributed by atoms with Crippen molar-refractivity contribution in [1.82, 2.24) is 15.5 Å². The summed E-state index contributed by atoms with van der Waals surface area (Å²) < 4.78 is 5.20. The summed E-state index contributed by atoms with van der Waals surface area (Å²) in [6.45, 7) is 2.23. The molecule has 0 saturated heterocycles. The Balaban J connectivity index is 1.69. The fraction of sp³-hybridized carbons (Fsp3) is 0.167. The monoisotopic (exact) mass is 341 g/mol. The van der Waals surface area contributed by atoms with Gasteiger partial charge in [-0.15, -0.1) is 0 Å². The van der Waals surface area contributed by atoms with E-state index < -0.39 is 0 Å². The second-order valence-corrected chi connectivity index (χ2v) is 5.77. The molecule has 3 rings (SSSR count). The number of hydrogen-bond acceptors (Lipinski definition) is 4. The summed E-state index contributed by atoms with van der Waals surface area (Å²) in [5, 5.41) is 7.60. The van der Waals surface area contributed by atoms with Crippen LogP contribution < -0.4 is 5.32 Å². The Morgan fingerprint density at radius 2 is 2.04 bits per heavy atom. The Kier molecular flexibility index (Phi) is 4.91. The maximum absolute atomic E-state index is 12.5. The molecule has 2 heterocycles. The SMILES string of the molecule is Cc1onc(-c2cccnc2)c1C(=O)NCCc1ccc(Cl)cc1. The van der Waals surface area contributed by atoms with Crippen molar-refractivity contribution in [2.75, 3.05) is 6.54 Å². The van der Waals surface area contributed by atoms with Gasteiger partial charge in [-0.1, -0.05) is 28.9 Å². The minimum absolute atomic E-state index is 0.207. The molecular weight excluding hydrogens is 326 g/mol. The van der Waals surface area contributed by atoms with E-state index >= 15 is 0 Å². The molecule has 0 fully saturated rings. The Morgan fingerprint density at radius 1 is 1.25 bits per heavy atom. The molecule has 0 saturated carbocycles. The average Bonchev–Trinajstić information content (AvgIpc) is 2.99. The molecule has 1 N–H and O–H groups in total. The van der Waals surface area contributed by atoms with Gasteiger partial charge in [0, 0.05) is 29.5 Å². The Bertz CT molecular complexity index is 829. The summed E-state index contributed by atoms with van der Waals surface area (Å²) in [6.07, 6.45) is 4.04. The molecule has 6 heteroatoms. The third kappa shape index (κ3) is 3.63. The normalized spacial score (nSPS) is 10.6. The van der Waals surface area contributed by atoms with Crippen LogP contribution in [0.3, 0.4) is 0 Å². The highest BCUT2D eigenvalue weighted by atomic mass is 35.5. The van der Waals surface area contributed by atoms with Crippen molar-refractivity contribution >= 4 is 17.5 Å². The lowest BCUT2D eigenvalue weighted by Gasteiger charge is -2.06. The van der Waals surface area contributed by atoms with E-state index in [0.29, 0.717) is 28.6 Å². The number of hydrogen-bond donors (Lipinski definition) is 1. The average molecular weight is 342 g/mol. The van der Waals surface area contributed by atoms with Crippen LogP contribution in [-0.4, -0.2) is 22.6 Å². The molecule has 3 aromatic rings. The summed E-state index contributed by atoms with van der Waals surface area (Å²) in [6, 6.07) is 11.2. The lowest BCUT2D eigenvalue weighted by Crippen LogP contribution is -2.26. The molecule has 0 aliphatic carbocycles. The fourth-order valence-electron chi connectivity index (χ4n) is 2.40. The van der Waals surface area contributed by atoms with E-state index in [4.69, 9.17) is 16.1 Å². The zero-order valence-corrected chi connectivity index (χ0v) is 13.9. The zero-order chi connectivity index (χ0) is 16.9. The van der Waals surface area contributed by atoms with Crippen LogP contribution >= 0.6 is 11.6 Å². The first-order valence-electron chi connectivity index (χ1n) is 7.54.